The van der Waals surface area contributed by atoms with Crippen molar-refractivity contribution >= 4 is 6.29 Å². The van der Waals surface area contributed by atoms with E-state index in [0.717, 1.165) is 12.7 Å². The molecule has 1 atom stereocenters. The van der Waals surface area contributed by atoms with Crippen molar-refractivity contribution in [2.24, 2.45) is 5.92 Å². The lowest BCUT2D eigenvalue weighted by molar-refractivity contribution is -0.108. The van der Waals surface area contributed by atoms with Gasteiger partial charge in [0.05, 0.1) is 6.54 Å². The molecule has 0 aromatic carbocycles. The summed E-state index contributed by atoms with van der Waals surface area (Å²) in [4.78, 5) is 12.0. The first-order valence-corrected chi connectivity index (χ1v) is 4.38. The van der Waals surface area contributed by atoms with Crippen molar-refractivity contribution in [3.8, 4) is 0 Å². The van der Waals surface area contributed by atoms with Crippen LogP contribution in [0.25, 0.3) is 0 Å². The van der Waals surface area contributed by atoms with E-state index in [9.17, 15) is 9.18 Å². The zero-order valence-corrected chi connectivity index (χ0v) is 7.74. The maximum absolute atomic E-state index is 13.1. The predicted molar refractivity (Wildman–Crippen MR) is 50.0 cm³/mol. The van der Waals surface area contributed by atoms with Gasteiger partial charge >= 0.3 is 0 Å². The molecule has 0 saturated heterocycles. The van der Waals surface area contributed by atoms with Gasteiger partial charge in [0.25, 0.3) is 0 Å². The zero-order chi connectivity index (χ0) is 9.68. The van der Waals surface area contributed by atoms with Gasteiger partial charge in [-0.3, -0.25) is 4.90 Å². The van der Waals surface area contributed by atoms with E-state index >= 15 is 0 Å². The van der Waals surface area contributed by atoms with Gasteiger partial charge < -0.3 is 4.79 Å². The second-order valence-corrected chi connectivity index (χ2v) is 3.30. The number of carbonyl (C=O) groups excluding carboxylic acids is 1. The highest BCUT2D eigenvalue weighted by atomic mass is 19.1. The number of carbonyl (C=O) groups is 1. The first-order valence-electron chi connectivity index (χ1n) is 4.38. The van der Waals surface area contributed by atoms with Crippen LogP contribution in [0, 0.1) is 5.92 Å². The number of hydrogen-bond acceptors (Lipinski definition) is 2. The molecule has 1 unspecified atom stereocenters. The number of likely N-dealkylation sites (N-methyl/N-ethyl adjacent to an activating group) is 1. The Bertz CT molecular complexity index is 235. The van der Waals surface area contributed by atoms with Crippen molar-refractivity contribution in [2.75, 3.05) is 20.1 Å². The standard InChI is InChI=1S/C10H14FNO/c1-12(6-7-13)8-9-4-2-3-5-10(9)11/h2-3,5,7,9H,4,6,8H2,1H3. The summed E-state index contributed by atoms with van der Waals surface area (Å²) in [5, 5.41) is 0. The van der Waals surface area contributed by atoms with E-state index in [2.05, 4.69) is 0 Å². The molecule has 0 spiro atoms. The Kier molecular flexibility index (Phi) is 3.83. The van der Waals surface area contributed by atoms with Crippen LogP contribution in [0.3, 0.4) is 0 Å². The van der Waals surface area contributed by atoms with E-state index in [1.165, 1.54) is 6.08 Å². The SMILES string of the molecule is CN(CC=O)CC1CC=CC=C1F. The monoisotopic (exact) mass is 183 g/mol. The van der Waals surface area contributed by atoms with Crippen LogP contribution in [0.15, 0.2) is 24.1 Å². The Hall–Kier alpha value is -0.960. The highest BCUT2D eigenvalue weighted by Crippen LogP contribution is 2.21. The second kappa shape index (κ2) is 4.92. The minimum atomic E-state index is -0.0831. The number of rotatable bonds is 4. The number of hydrogen-bond donors (Lipinski definition) is 0. The van der Waals surface area contributed by atoms with Gasteiger partial charge in [0.15, 0.2) is 0 Å². The number of aldehydes is 1. The smallest absolute Gasteiger partial charge is 0.133 e. The average molecular weight is 183 g/mol. The lowest BCUT2D eigenvalue weighted by atomic mass is 9.99. The predicted octanol–water partition coefficient (Wildman–Crippen LogP) is 1.55. The third kappa shape index (κ3) is 3.11. The van der Waals surface area contributed by atoms with Crippen molar-refractivity contribution in [3.05, 3.63) is 24.1 Å². The summed E-state index contributed by atoms with van der Waals surface area (Å²) in [5.41, 5.74) is 0. The van der Waals surface area contributed by atoms with Gasteiger partial charge in [-0.1, -0.05) is 12.2 Å². The minimum absolute atomic E-state index is 0.0741. The molecule has 13 heavy (non-hydrogen) atoms. The second-order valence-electron chi connectivity index (χ2n) is 3.30. The summed E-state index contributed by atoms with van der Waals surface area (Å²) in [5.74, 6) is -0.157. The molecule has 2 nitrogen and oxygen atoms in total. The van der Waals surface area contributed by atoms with Crippen LogP contribution in [-0.4, -0.2) is 31.3 Å². The van der Waals surface area contributed by atoms with E-state index in [-0.39, 0.29) is 11.7 Å². The van der Waals surface area contributed by atoms with Crippen LogP contribution in [0.2, 0.25) is 0 Å². The highest BCUT2D eigenvalue weighted by molar-refractivity contribution is 5.51. The van der Waals surface area contributed by atoms with Crippen LogP contribution in [0.4, 0.5) is 4.39 Å². The molecule has 0 amide bonds. The maximum atomic E-state index is 13.1. The molecular weight excluding hydrogens is 169 g/mol. The Labute approximate surface area is 77.7 Å². The lowest BCUT2D eigenvalue weighted by Gasteiger charge is -2.21. The molecule has 1 aliphatic rings. The van der Waals surface area contributed by atoms with Crippen LogP contribution in [0.5, 0.6) is 0 Å². The number of halogens is 1. The molecule has 72 valence electrons. The Balaban J connectivity index is 2.41. The molecule has 3 heteroatoms. The third-order valence-electron chi connectivity index (χ3n) is 2.12. The Morgan fingerprint density at radius 3 is 3.15 bits per heavy atom. The van der Waals surface area contributed by atoms with Gasteiger partial charge in [0, 0.05) is 12.5 Å². The van der Waals surface area contributed by atoms with Crippen molar-refractivity contribution in [1.82, 2.24) is 4.90 Å². The van der Waals surface area contributed by atoms with Crippen molar-refractivity contribution in [2.45, 2.75) is 6.42 Å². The molecule has 1 rings (SSSR count). The van der Waals surface area contributed by atoms with Crippen LogP contribution >= 0.6 is 0 Å². The minimum Gasteiger partial charge on any atom is -0.302 e. The van der Waals surface area contributed by atoms with Gasteiger partial charge in [0.1, 0.15) is 12.1 Å². The molecule has 0 aliphatic heterocycles. The molecular formula is C10H14FNO. The summed E-state index contributed by atoms with van der Waals surface area (Å²) >= 11 is 0. The molecule has 0 N–H and O–H groups in total. The summed E-state index contributed by atoms with van der Waals surface area (Å²) in [6.45, 7) is 0.971. The number of allylic oxidation sites excluding steroid dienone is 3. The van der Waals surface area contributed by atoms with Gasteiger partial charge in [-0.25, -0.2) is 4.39 Å². The van der Waals surface area contributed by atoms with E-state index in [1.807, 2.05) is 18.0 Å². The first-order chi connectivity index (χ1) is 6.24. The van der Waals surface area contributed by atoms with Crippen molar-refractivity contribution < 1.29 is 9.18 Å². The fraction of sp³-hybridized carbons (Fsp3) is 0.500. The maximum Gasteiger partial charge on any atom is 0.133 e. The summed E-state index contributed by atoms with van der Waals surface area (Å²) < 4.78 is 13.1. The van der Waals surface area contributed by atoms with Gasteiger partial charge in [-0.15, -0.1) is 0 Å². The molecule has 1 aliphatic carbocycles. The molecule has 0 aromatic heterocycles. The van der Waals surface area contributed by atoms with E-state index in [1.54, 1.807) is 6.08 Å². The fourth-order valence-corrected chi connectivity index (χ4v) is 1.39. The Morgan fingerprint density at radius 1 is 1.77 bits per heavy atom. The summed E-state index contributed by atoms with van der Waals surface area (Å²) in [6.07, 6.45) is 6.72. The van der Waals surface area contributed by atoms with E-state index in [4.69, 9.17) is 0 Å². The van der Waals surface area contributed by atoms with Crippen LogP contribution in [0.1, 0.15) is 6.42 Å². The van der Waals surface area contributed by atoms with Crippen molar-refractivity contribution in [3.63, 3.8) is 0 Å². The Morgan fingerprint density at radius 2 is 2.54 bits per heavy atom. The normalized spacial score (nSPS) is 21.8. The fourth-order valence-electron chi connectivity index (χ4n) is 1.39. The topological polar surface area (TPSA) is 20.3 Å². The van der Waals surface area contributed by atoms with Gasteiger partial charge in [-0.05, 0) is 19.5 Å². The lowest BCUT2D eigenvalue weighted by Crippen LogP contribution is -2.28. The molecule has 0 heterocycles. The van der Waals surface area contributed by atoms with E-state index < -0.39 is 0 Å². The van der Waals surface area contributed by atoms with Gasteiger partial charge in [-0.2, -0.15) is 0 Å². The molecule has 0 bridgehead atoms. The highest BCUT2D eigenvalue weighted by Gasteiger charge is 2.16. The summed E-state index contributed by atoms with van der Waals surface area (Å²) in [7, 11) is 1.82. The van der Waals surface area contributed by atoms with Crippen molar-refractivity contribution in [1.29, 1.82) is 0 Å². The third-order valence-corrected chi connectivity index (χ3v) is 2.12. The average Bonchev–Trinajstić information content (AvgIpc) is 2.09. The van der Waals surface area contributed by atoms with Crippen LogP contribution in [-0.2, 0) is 4.79 Å². The molecule has 0 fully saturated rings. The van der Waals surface area contributed by atoms with Crippen LogP contribution < -0.4 is 0 Å². The molecule has 0 saturated carbocycles. The molecule has 0 aromatic rings. The number of nitrogens with zero attached hydrogens (tertiary/aromatic N) is 1. The molecule has 0 radical (unpaired) electrons. The van der Waals surface area contributed by atoms with Gasteiger partial charge in [0.2, 0.25) is 0 Å². The largest absolute Gasteiger partial charge is 0.302 e. The zero-order valence-electron chi connectivity index (χ0n) is 7.74. The summed E-state index contributed by atoms with van der Waals surface area (Å²) in [6, 6.07) is 0. The quantitative estimate of drug-likeness (QED) is 0.616. The van der Waals surface area contributed by atoms with E-state index in [0.29, 0.717) is 13.1 Å². The first kappa shape index (κ1) is 10.1.